The molecule has 1 aromatic heterocycles. The SMILES string of the molecule is [NH]C(=O)Cc1cccnc1. The Morgan fingerprint density at radius 2 is 2.50 bits per heavy atom. The highest BCUT2D eigenvalue weighted by Gasteiger charge is 1.96. The zero-order valence-corrected chi connectivity index (χ0v) is 5.37. The number of hydrogen-bond donors (Lipinski definition) is 0. The summed E-state index contributed by atoms with van der Waals surface area (Å²) in [7, 11) is 0. The van der Waals surface area contributed by atoms with Crippen LogP contribution in [0, 0.1) is 0 Å². The highest BCUT2D eigenvalue weighted by molar-refractivity contribution is 5.75. The van der Waals surface area contributed by atoms with Crippen LogP contribution in [0.15, 0.2) is 24.5 Å². The summed E-state index contributed by atoms with van der Waals surface area (Å²) in [6.07, 6.45) is 3.39. The topological polar surface area (TPSA) is 53.8 Å². The van der Waals surface area contributed by atoms with Gasteiger partial charge in [-0.2, -0.15) is 0 Å². The lowest BCUT2D eigenvalue weighted by Gasteiger charge is -1.92. The van der Waals surface area contributed by atoms with Crippen molar-refractivity contribution in [3.8, 4) is 0 Å². The van der Waals surface area contributed by atoms with E-state index in [-0.39, 0.29) is 6.42 Å². The molecule has 3 heteroatoms. The van der Waals surface area contributed by atoms with Crippen LogP contribution in [-0.2, 0) is 11.2 Å². The number of aromatic nitrogens is 1. The van der Waals surface area contributed by atoms with Gasteiger partial charge in [0.1, 0.15) is 0 Å². The minimum absolute atomic E-state index is 0.161. The molecule has 0 bridgehead atoms. The molecule has 1 rings (SSSR count). The molecular weight excluding hydrogens is 128 g/mol. The van der Waals surface area contributed by atoms with E-state index in [2.05, 4.69) is 4.98 Å². The monoisotopic (exact) mass is 135 g/mol. The van der Waals surface area contributed by atoms with E-state index in [1.165, 1.54) is 0 Å². The summed E-state index contributed by atoms with van der Waals surface area (Å²) in [5.74, 6) is -0.576. The summed E-state index contributed by atoms with van der Waals surface area (Å²) < 4.78 is 0. The minimum Gasteiger partial charge on any atom is -0.273 e. The molecule has 51 valence electrons. The largest absolute Gasteiger partial charge is 0.273 e. The van der Waals surface area contributed by atoms with E-state index in [0.29, 0.717) is 0 Å². The fraction of sp³-hybridized carbons (Fsp3) is 0.143. The first kappa shape index (κ1) is 6.74. The number of carbonyl (C=O) groups is 1. The Balaban J connectivity index is 2.67. The molecule has 3 nitrogen and oxygen atoms in total. The van der Waals surface area contributed by atoms with Crippen LogP contribution in [0.1, 0.15) is 5.56 Å². The van der Waals surface area contributed by atoms with Gasteiger partial charge in [-0.3, -0.25) is 15.5 Å². The molecule has 0 aliphatic carbocycles. The van der Waals surface area contributed by atoms with Crippen molar-refractivity contribution in [1.29, 1.82) is 0 Å². The Morgan fingerprint density at radius 3 is 3.00 bits per heavy atom. The van der Waals surface area contributed by atoms with Crippen LogP contribution in [0.4, 0.5) is 0 Å². The maximum absolute atomic E-state index is 10.3. The van der Waals surface area contributed by atoms with Crippen molar-refractivity contribution in [3.63, 3.8) is 0 Å². The van der Waals surface area contributed by atoms with Crippen LogP contribution in [0.25, 0.3) is 0 Å². The Bertz CT molecular complexity index is 220. The molecule has 0 spiro atoms. The van der Waals surface area contributed by atoms with E-state index in [0.717, 1.165) is 5.56 Å². The van der Waals surface area contributed by atoms with Crippen molar-refractivity contribution >= 4 is 5.91 Å². The molecule has 1 N–H and O–H groups in total. The molecule has 0 unspecified atom stereocenters. The smallest absolute Gasteiger partial charge is 0.242 e. The van der Waals surface area contributed by atoms with Gasteiger partial charge in [-0.25, -0.2) is 0 Å². The molecule has 0 aromatic carbocycles. The summed E-state index contributed by atoms with van der Waals surface area (Å²) in [4.78, 5) is 14.1. The van der Waals surface area contributed by atoms with Gasteiger partial charge in [0, 0.05) is 12.4 Å². The van der Waals surface area contributed by atoms with Crippen LogP contribution < -0.4 is 5.73 Å². The van der Waals surface area contributed by atoms with E-state index >= 15 is 0 Å². The lowest BCUT2D eigenvalue weighted by Crippen LogP contribution is -2.02. The maximum Gasteiger partial charge on any atom is 0.242 e. The highest BCUT2D eigenvalue weighted by Crippen LogP contribution is 1.95. The van der Waals surface area contributed by atoms with Crippen molar-refractivity contribution < 1.29 is 4.79 Å². The zero-order valence-electron chi connectivity index (χ0n) is 5.37. The number of hydrogen-bond acceptors (Lipinski definition) is 2. The predicted octanol–water partition coefficient (Wildman–Crippen LogP) is 0.434. The summed E-state index contributed by atoms with van der Waals surface area (Å²) in [5.41, 5.74) is 7.44. The van der Waals surface area contributed by atoms with Crippen molar-refractivity contribution in [2.24, 2.45) is 0 Å². The molecule has 0 fully saturated rings. The quantitative estimate of drug-likeness (QED) is 0.590. The first-order valence-corrected chi connectivity index (χ1v) is 2.92. The first-order chi connectivity index (χ1) is 4.79. The Morgan fingerprint density at radius 1 is 1.70 bits per heavy atom. The van der Waals surface area contributed by atoms with E-state index in [4.69, 9.17) is 5.73 Å². The second kappa shape index (κ2) is 2.96. The average Bonchev–Trinajstić information content (AvgIpc) is 1.88. The predicted molar refractivity (Wildman–Crippen MR) is 36.0 cm³/mol. The van der Waals surface area contributed by atoms with Crippen molar-refractivity contribution in [1.82, 2.24) is 10.7 Å². The summed E-state index contributed by atoms with van der Waals surface area (Å²) in [5, 5.41) is 0. The van der Waals surface area contributed by atoms with Gasteiger partial charge in [0.15, 0.2) is 0 Å². The maximum atomic E-state index is 10.3. The van der Waals surface area contributed by atoms with Crippen LogP contribution in [0.5, 0.6) is 0 Å². The Labute approximate surface area is 58.9 Å². The number of pyridine rings is 1. The standard InChI is InChI=1S/C7H7N2O/c8-7(10)4-6-2-1-3-9-5-6/h1-3,5,8H,4H2. The number of nitrogens with zero attached hydrogens (tertiary/aromatic N) is 1. The number of rotatable bonds is 2. The average molecular weight is 135 g/mol. The fourth-order valence-corrected chi connectivity index (χ4v) is 0.688. The lowest BCUT2D eigenvalue weighted by atomic mass is 10.2. The van der Waals surface area contributed by atoms with Gasteiger partial charge in [-0.05, 0) is 11.6 Å². The second-order valence-corrected chi connectivity index (χ2v) is 1.96. The first-order valence-electron chi connectivity index (χ1n) is 2.92. The molecule has 1 aromatic rings. The highest BCUT2D eigenvalue weighted by atomic mass is 16.1. The molecule has 1 heterocycles. The molecule has 0 saturated heterocycles. The van der Waals surface area contributed by atoms with E-state index in [1.54, 1.807) is 24.5 Å². The second-order valence-electron chi connectivity index (χ2n) is 1.96. The molecule has 0 aliphatic heterocycles. The van der Waals surface area contributed by atoms with Crippen LogP contribution in [0.2, 0.25) is 0 Å². The van der Waals surface area contributed by atoms with Gasteiger partial charge in [0.05, 0.1) is 6.42 Å². The Hall–Kier alpha value is -1.38. The Kier molecular flexibility index (Phi) is 1.99. The number of carbonyl (C=O) groups excluding carboxylic acids is 1. The summed E-state index contributed by atoms with van der Waals surface area (Å²) >= 11 is 0. The van der Waals surface area contributed by atoms with E-state index < -0.39 is 5.91 Å². The van der Waals surface area contributed by atoms with Gasteiger partial charge < -0.3 is 0 Å². The zero-order chi connectivity index (χ0) is 7.40. The van der Waals surface area contributed by atoms with Gasteiger partial charge >= 0.3 is 0 Å². The molecule has 1 radical (unpaired) electrons. The van der Waals surface area contributed by atoms with E-state index in [1.807, 2.05) is 0 Å². The van der Waals surface area contributed by atoms with Crippen molar-refractivity contribution in [2.75, 3.05) is 0 Å². The third-order valence-corrected chi connectivity index (χ3v) is 1.09. The van der Waals surface area contributed by atoms with Gasteiger partial charge in [0.2, 0.25) is 5.91 Å². The van der Waals surface area contributed by atoms with Crippen LogP contribution in [-0.4, -0.2) is 10.9 Å². The van der Waals surface area contributed by atoms with Crippen LogP contribution in [0.3, 0.4) is 0 Å². The third kappa shape index (κ3) is 1.85. The summed E-state index contributed by atoms with van der Waals surface area (Å²) in [6, 6.07) is 3.53. The van der Waals surface area contributed by atoms with Crippen LogP contribution >= 0.6 is 0 Å². The van der Waals surface area contributed by atoms with Crippen molar-refractivity contribution in [2.45, 2.75) is 6.42 Å². The van der Waals surface area contributed by atoms with Gasteiger partial charge in [0.25, 0.3) is 0 Å². The fourth-order valence-electron chi connectivity index (χ4n) is 0.688. The normalized spacial score (nSPS) is 9.20. The molecule has 0 atom stereocenters. The minimum atomic E-state index is -0.576. The third-order valence-electron chi connectivity index (χ3n) is 1.09. The molecule has 0 saturated carbocycles. The molecule has 1 amide bonds. The summed E-state index contributed by atoms with van der Waals surface area (Å²) in [6.45, 7) is 0. The molecule has 10 heavy (non-hydrogen) atoms. The number of nitrogens with one attached hydrogen (secondary N) is 1. The molecular formula is C7H7N2O. The van der Waals surface area contributed by atoms with Gasteiger partial charge in [-0.1, -0.05) is 6.07 Å². The van der Waals surface area contributed by atoms with Gasteiger partial charge in [-0.15, -0.1) is 0 Å². The molecule has 0 aliphatic rings. The van der Waals surface area contributed by atoms with Crippen molar-refractivity contribution in [3.05, 3.63) is 30.1 Å². The lowest BCUT2D eigenvalue weighted by molar-refractivity contribution is -0.118. The number of amides is 1. The van der Waals surface area contributed by atoms with E-state index in [9.17, 15) is 4.79 Å².